The zero-order valence-electron chi connectivity index (χ0n) is 13.9. The van der Waals surface area contributed by atoms with E-state index in [9.17, 15) is 9.59 Å². The van der Waals surface area contributed by atoms with Crippen molar-refractivity contribution in [2.45, 2.75) is 38.8 Å². The van der Waals surface area contributed by atoms with Crippen molar-refractivity contribution in [1.82, 2.24) is 0 Å². The summed E-state index contributed by atoms with van der Waals surface area (Å²) >= 11 is 0. The molecule has 0 aromatic heterocycles. The second kappa shape index (κ2) is 5.48. The third-order valence-corrected chi connectivity index (χ3v) is 5.04. The molecule has 24 heavy (non-hydrogen) atoms. The maximum Gasteiger partial charge on any atom is 0.317 e. The number of rotatable bonds is 0. The normalized spacial score (nSPS) is 21.6. The summed E-state index contributed by atoms with van der Waals surface area (Å²) in [6.45, 7) is 3.99. The van der Waals surface area contributed by atoms with Crippen LogP contribution in [0.15, 0.2) is 48.5 Å². The first-order chi connectivity index (χ1) is 11.6. The molecule has 4 rings (SSSR count). The third-order valence-electron chi connectivity index (χ3n) is 5.04. The van der Waals surface area contributed by atoms with Gasteiger partial charge < -0.3 is 9.80 Å². The minimum absolute atomic E-state index is 0.00648. The van der Waals surface area contributed by atoms with Crippen molar-refractivity contribution in [1.29, 1.82) is 0 Å². The number of nitrogens with zero attached hydrogens (tertiary/aromatic N) is 2. The Kier molecular flexibility index (Phi) is 3.41. The predicted octanol–water partition coefficient (Wildman–Crippen LogP) is 2.94. The fraction of sp³-hybridized carbons (Fsp3) is 0.300. The highest BCUT2D eigenvalue weighted by Gasteiger charge is 2.40. The number of anilines is 2. The molecule has 122 valence electrons. The van der Waals surface area contributed by atoms with Crippen molar-refractivity contribution >= 4 is 23.2 Å². The van der Waals surface area contributed by atoms with Gasteiger partial charge in [-0.2, -0.15) is 0 Å². The molecule has 4 nitrogen and oxygen atoms in total. The van der Waals surface area contributed by atoms with Crippen molar-refractivity contribution in [3.63, 3.8) is 0 Å². The third kappa shape index (κ3) is 2.13. The summed E-state index contributed by atoms with van der Waals surface area (Å²) in [5.74, 6) is -0.869. The first-order valence-electron chi connectivity index (χ1n) is 8.40. The molecule has 2 aliphatic rings. The summed E-state index contributed by atoms with van der Waals surface area (Å²) in [6.07, 6.45) is 1.59. The van der Waals surface area contributed by atoms with Crippen LogP contribution in [-0.2, 0) is 22.4 Å². The maximum atomic E-state index is 13.0. The van der Waals surface area contributed by atoms with Gasteiger partial charge in [0.2, 0.25) is 0 Å². The quantitative estimate of drug-likeness (QED) is 0.700. The lowest BCUT2D eigenvalue weighted by Crippen LogP contribution is -2.49. The van der Waals surface area contributed by atoms with E-state index in [0.717, 1.165) is 35.3 Å². The first-order valence-corrected chi connectivity index (χ1v) is 8.40. The number of hydrogen-bond acceptors (Lipinski definition) is 2. The molecule has 2 amide bonds. The van der Waals surface area contributed by atoms with Gasteiger partial charge in [-0.05, 0) is 49.9 Å². The Morgan fingerprint density at radius 1 is 0.750 bits per heavy atom. The Morgan fingerprint density at radius 2 is 1.12 bits per heavy atom. The van der Waals surface area contributed by atoms with E-state index < -0.39 is 11.8 Å². The molecule has 2 aromatic rings. The second-order valence-electron chi connectivity index (χ2n) is 6.71. The van der Waals surface area contributed by atoms with Crippen LogP contribution >= 0.6 is 0 Å². The summed E-state index contributed by atoms with van der Waals surface area (Å²) in [6, 6.07) is 15.7. The summed E-state index contributed by atoms with van der Waals surface area (Å²) in [5, 5.41) is 0. The van der Waals surface area contributed by atoms with E-state index in [1.165, 1.54) is 0 Å². The van der Waals surface area contributed by atoms with Crippen LogP contribution in [0.4, 0.5) is 11.4 Å². The molecule has 2 aliphatic heterocycles. The number of carbonyl (C=O) groups excluding carboxylic acids is 2. The maximum absolute atomic E-state index is 13.0. The number of fused-ring (bicyclic) bond motifs is 2. The molecule has 0 fully saturated rings. The highest BCUT2D eigenvalue weighted by Crippen LogP contribution is 2.35. The standard InChI is InChI=1S/C20H20N2O2/c1-13-11-15-7-3-5-9-17(15)21(13)19(23)20(24)22-14(2)12-16-8-4-6-10-18(16)22/h3-10,13-14H,11-12H2,1-2H3/t13-,14-/m1/s1. The van der Waals surface area contributed by atoms with Crippen molar-refractivity contribution in [2.75, 3.05) is 9.80 Å². The summed E-state index contributed by atoms with van der Waals surface area (Å²) in [7, 11) is 0. The van der Waals surface area contributed by atoms with Gasteiger partial charge in [-0.3, -0.25) is 9.59 Å². The van der Waals surface area contributed by atoms with E-state index in [0.29, 0.717) is 0 Å². The van der Waals surface area contributed by atoms with Crippen molar-refractivity contribution in [3.8, 4) is 0 Å². The molecule has 0 saturated heterocycles. The van der Waals surface area contributed by atoms with Crippen LogP contribution in [0, 0.1) is 0 Å². The van der Waals surface area contributed by atoms with Gasteiger partial charge >= 0.3 is 11.8 Å². The highest BCUT2D eigenvalue weighted by molar-refractivity contribution is 6.45. The van der Waals surface area contributed by atoms with Crippen LogP contribution in [0.5, 0.6) is 0 Å². The van der Waals surface area contributed by atoms with Gasteiger partial charge in [0.15, 0.2) is 0 Å². The van der Waals surface area contributed by atoms with Crippen LogP contribution in [0.1, 0.15) is 25.0 Å². The van der Waals surface area contributed by atoms with E-state index in [2.05, 4.69) is 0 Å². The predicted molar refractivity (Wildman–Crippen MR) is 94.2 cm³/mol. The van der Waals surface area contributed by atoms with Crippen LogP contribution in [0.25, 0.3) is 0 Å². The number of benzene rings is 2. The van der Waals surface area contributed by atoms with Crippen LogP contribution in [-0.4, -0.2) is 23.9 Å². The molecule has 0 bridgehead atoms. The molecular weight excluding hydrogens is 300 g/mol. The minimum atomic E-state index is -0.434. The van der Waals surface area contributed by atoms with Gasteiger partial charge in [-0.1, -0.05) is 36.4 Å². The second-order valence-corrected chi connectivity index (χ2v) is 6.71. The molecule has 0 radical (unpaired) electrons. The smallest absolute Gasteiger partial charge is 0.301 e. The number of para-hydroxylation sites is 2. The van der Waals surface area contributed by atoms with E-state index in [1.807, 2.05) is 62.4 Å². The fourth-order valence-corrected chi connectivity index (χ4v) is 3.96. The topological polar surface area (TPSA) is 40.6 Å². The lowest BCUT2D eigenvalue weighted by Gasteiger charge is -2.27. The molecule has 0 spiro atoms. The number of hydrogen-bond donors (Lipinski definition) is 0. The Bertz CT molecular complexity index is 760. The zero-order valence-corrected chi connectivity index (χ0v) is 13.9. The molecule has 4 heteroatoms. The van der Waals surface area contributed by atoms with Crippen molar-refractivity contribution in [2.24, 2.45) is 0 Å². The fourth-order valence-electron chi connectivity index (χ4n) is 3.96. The summed E-state index contributed by atoms with van der Waals surface area (Å²) in [5.41, 5.74) is 3.98. The Labute approximate surface area is 141 Å². The van der Waals surface area contributed by atoms with E-state index in [1.54, 1.807) is 9.80 Å². The van der Waals surface area contributed by atoms with Gasteiger partial charge in [0, 0.05) is 23.5 Å². The minimum Gasteiger partial charge on any atom is -0.301 e. The van der Waals surface area contributed by atoms with E-state index in [4.69, 9.17) is 0 Å². The summed E-state index contributed by atoms with van der Waals surface area (Å²) in [4.78, 5) is 29.3. The summed E-state index contributed by atoms with van der Waals surface area (Å²) < 4.78 is 0. The van der Waals surface area contributed by atoms with E-state index in [-0.39, 0.29) is 12.1 Å². The van der Waals surface area contributed by atoms with Gasteiger partial charge in [0.1, 0.15) is 0 Å². The lowest BCUT2D eigenvalue weighted by atomic mass is 10.1. The molecule has 2 heterocycles. The van der Waals surface area contributed by atoms with Gasteiger partial charge in [0.05, 0.1) is 0 Å². The zero-order chi connectivity index (χ0) is 16.8. The first kappa shape index (κ1) is 14.9. The molecule has 0 unspecified atom stereocenters. The Morgan fingerprint density at radius 3 is 1.54 bits per heavy atom. The van der Waals surface area contributed by atoms with Crippen LogP contribution in [0.3, 0.4) is 0 Å². The average molecular weight is 320 g/mol. The molecule has 2 aromatic carbocycles. The average Bonchev–Trinajstić information content (AvgIpc) is 3.08. The molecular formula is C20H20N2O2. The molecule has 0 aliphatic carbocycles. The van der Waals surface area contributed by atoms with Gasteiger partial charge in [-0.15, -0.1) is 0 Å². The van der Waals surface area contributed by atoms with Crippen molar-refractivity contribution < 1.29 is 9.59 Å². The Hall–Kier alpha value is -2.62. The highest BCUT2D eigenvalue weighted by atomic mass is 16.2. The molecule has 0 saturated carbocycles. The van der Waals surface area contributed by atoms with Gasteiger partial charge in [0.25, 0.3) is 0 Å². The molecule has 2 atom stereocenters. The monoisotopic (exact) mass is 320 g/mol. The largest absolute Gasteiger partial charge is 0.317 e. The van der Waals surface area contributed by atoms with E-state index >= 15 is 0 Å². The van der Waals surface area contributed by atoms with Crippen LogP contribution in [0.2, 0.25) is 0 Å². The van der Waals surface area contributed by atoms with Gasteiger partial charge in [-0.25, -0.2) is 0 Å². The number of carbonyl (C=O) groups is 2. The lowest BCUT2D eigenvalue weighted by molar-refractivity contribution is -0.136. The van der Waals surface area contributed by atoms with Crippen LogP contribution < -0.4 is 9.80 Å². The Balaban J connectivity index is 1.67. The number of amides is 2. The SMILES string of the molecule is C[C@@H]1Cc2ccccc2N1C(=O)C(=O)N1c2ccccc2C[C@H]1C. The van der Waals surface area contributed by atoms with Crippen molar-refractivity contribution in [3.05, 3.63) is 59.7 Å². The molecule has 0 N–H and O–H groups in total.